The van der Waals surface area contributed by atoms with Crippen molar-refractivity contribution in [1.82, 2.24) is 9.78 Å². The summed E-state index contributed by atoms with van der Waals surface area (Å²) >= 11 is 6.02. The molecule has 0 saturated carbocycles. The summed E-state index contributed by atoms with van der Waals surface area (Å²) in [7, 11) is 0. The number of nitrogens with zero attached hydrogens (tertiary/aromatic N) is 2. The summed E-state index contributed by atoms with van der Waals surface area (Å²) in [5.41, 5.74) is 8.97. The van der Waals surface area contributed by atoms with Crippen molar-refractivity contribution < 1.29 is 4.39 Å². The molecule has 3 nitrogen and oxygen atoms in total. The van der Waals surface area contributed by atoms with E-state index in [1.54, 1.807) is 6.07 Å². The van der Waals surface area contributed by atoms with Crippen LogP contribution in [0.4, 0.5) is 4.39 Å². The smallest absolute Gasteiger partial charge is 0.124 e. The molecule has 0 radical (unpaired) electrons. The number of benzene rings is 1. The quantitative estimate of drug-likeness (QED) is 0.935. The third-order valence-corrected chi connectivity index (χ3v) is 3.42. The second-order valence-electron chi connectivity index (χ2n) is 4.57. The Bertz CT molecular complexity index is 580. The van der Waals surface area contributed by atoms with Gasteiger partial charge in [-0.15, -0.1) is 0 Å². The number of aryl methyl sites for hydroxylation is 2. The zero-order valence-corrected chi connectivity index (χ0v) is 11.8. The molecule has 2 aromatic rings. The Balaban J connectivity index is 2.22. The minimum atomic E-state index is -0.336. The molecule has 2 rings (SSSR count). The third-order valence-electron chi connectivity index (χ3n) is 3.07. The number of hydrogen-bond donors (Lipinski definition) is 1. The van der Waals surface area contributed by atoms with Gasteiger partial charge in [-0.3, -0.25) is 4.68 Å². The van der Waals surface area contributed by atoms with Gasteiger partial charge >= 0.3 is 0 Å². The van der Waals surface area contributed by atoms with E-state index in [4.69, 9.17) is 17.3 Å². The van der Waals surface area contributed by atoms with Crippen LogP contribution in [0.3, 0.4) is 0 Å². The molecule has 102 valence electrons. The topological polar surface area (TPSA) is 43.8 Å². The molecule has 0 saturated heterocycles. The molecule has 1 aromatic heterocycles. The molecule has 0 spiro atoms. The Morgan fingerprint density at radius 1 is 1.42 bits per heavy atom. The number of rotatable bonds is 4. The molecule has 1 atom stereocenters. The van der Waals surface area contributed by atoms with Crippen molar-refractivity contribution in [3.05, 3.63) is 52.1 Å². The fourth-order valence-corrected chi connectivity index (χ4v) is 2.39. The maximum atomic E-state index is 13.0. The van der Waals surface area contributed by atoms with Gasteiger partial charge in [0.05, 0.1) is 17.4 Å². The minimum absolute atomic E-state index is 0.205. The zero-order valence-electron chi connectivity index (χ0n) is 11.0. The average Bonchev–Trinajstić information content (AvgIpc) is 2.74. The summed E-state index contributed by atoms with van der Waals surface area (Å²) in [4.78, 5) is 0. The van der Waals surface area contributed by atoms with Crippen LogP contribution in [0.25, 0.3) is 0 Å². The Morgan fingerprint density at radius 3 is 2.79 bits per heavy atom. The molecular formula is C14H17ClFN3. The van der Waals surface area contributed by atoms with Gasteiger partial charge in [-0.25, -0.2) is 4.39 Å². The summed E-state index contributed by atoms with van der Waals surface area (Å²) in [5, 5.41) is 4.78. The Morgan fingerprint density at radius 2 is 2.16 bits per heavy atom. The van der Waals surface area contributed by atoms with Crippen LogP contribution in [0.1, 0.15) is 29.9 Å². The number of aromatic nitrogens is 2. The van der Waals surface area contributed by atoms with E-state index in [9.17, 15) is 4.39 Å². The monoisotopic (exact) mass is 281 g/mol. The molecule has 0 aliphatic carbocycles. The SMILES string of the molecule is CCn1nc(C)cc1C(N)Cc1ccc(F)cc1Cl. The summed E-state index contributed by atoms with van der Waals surface area (Å²) in [6.45, 7) is 4.73. The molecule has 5 heteroatoms. The minimum Gasteiger partial charge on any atom is -0.322 e. The van der Waals surface area contributed by atoms with E-state index >= 15 is 0 Å². The highest BCUT2D eigenvalue weighted by atomic mass is 35.5. The first-order chi connectivity index (χ1) is 9.01. The molecule has 0 fully saturated rings. The van der Waals surface area contributed by atoms with Crippen LogP contribution < -0.4 is 5.73 Å². The zero-order chi connectivity index (χ0) is 14.0. The van der Waals surface area contributed by atoms with Crippen LogP contribution >= 0.6 is 11.6 Å². The molecule has 0 bridgehead atoms. The Labute approximate surface area is 117 Å². The second kappa shape index (κ2) is 5.72. The molecule has 0 aliphatic heterocycles. The molecule has 1 aromatic carbocycles. The lowest BCUT2D eigenvalue weighted by Crippen LogP contribution is -2.18. The molecular weight excluding hydrogens is 265 g/mol. The van der Waals surface area contributed by atoms with Crippen molar-refractivity contribution >= 4 is 11.6 Å². The normalized spacial score (nSPS) is 12.7. The van der Waals surface area contributed by atoms with E-state index in [-0.39, 0.29) is 11.9 Å². The van der Waals surface area contributed by atoms with Gasteiger partial charge in [0.25, 0.3) is 0 Å². The number of halogens is 2. The van der Waals surface area contributed by atoms with Crippen molar-refractivity contribution in [1.29, 1.82) is 0 Å². The first-order valence-corrected chi connectivity index (χ1v) is 6.63. The average molecular weight is 282 g/mol. The van der Waals surface area contributed by atoms with E-state index < -0.39 is 0 Å². The molecule has 1 heterocycles. The van der Waals surface area contributed by atoms with Crippen molar-refractivity contribution in [3.8, 4) is 0 Å². The Hall–Kier alpha value is -1.39. The summed E-state index contributed by atoms with van der Waals surface area (Å²) in [6.07, 6.45) is 0.560. The van der Waals surface area contributed by atoms with Crippen LogP contribution in [0.15, 0.2) is 24.3 Å². The summed E-state index contributed by atoms with van der Waals surface area (Å²) < 4.78 is 14.9. The summed E-state index contributed by atoms with van der Waals surface area (Å²) in [5.74, 6) is -0.336. The van der Waals surface area contributed by atoms with E-state index in [1.807, 2.05) is 24.6 Å². The number of hydrogen-bond acceptors (Lipinski definition) is 2. The number of nitrogens with two attached hydrogens (primary N) is 1. The highest BCUT2D eigenvalue weighted by Crippen LogP contribution is 2.23. The first-order valence-electron chi connectivity index (χ1n) is 6.25. The second-order valence-corrected chi connectivity index (χ2v) is 4.98. The van der Waals surface area contributed by atoms with Gasteiger partial charge in [0.15, 0.2) is 0 Å². The van der Waals surface area contributed by atoms with E-state index in [0.717, 1.165) is 23.5 Å². The standard InChI is InChI=1S/C14H17ClFN3/c1-3-19-14(6-9(2)18-19)13(17)7-10-4-5-11(16)8-12(10)15/h4-6,8,13H,3,7,17H2,1-2H3. The van der Waals surface area contributed by atoms with Crippen molar-refractivity contribution in [2.45, 2.75) is 32.9 Å². The maximum Gasteiger partial charge on any atom is 0.124 e. The molecule has 0 amide bonds. The first kappa shape index (κ1) is 14.0. The lowest BCUT2D eigenvalue weighted by molar-refractivity contribution is 0.565. The van der Waals surface area contributed by atoms with Crippen LogP contribution in [-0.4, -0.2) is 9.78 Å². The highest BCUT2D eigenvalue weighted by molar-refractivity contribution is 6.31. The van der Waals surface area contributed by atoms with Crippen molar-refractivity contribution in [3.63, 3.8) is 0 Å². The Kier molecular flexibility index (Phi) is 4.22. The van der Waals surface area contributed by atoms with Gasteiger partial charge in [0.1, 0.15) is 5.82 Å². The van der Waals surface area contributed by atoms with Gasteiger partial charge in [0, 0.05) is 11.6 Å². The van der Waals surface area contributed by atoms with E-state index in [0.29, 0.717) is 11.4 Å². The van der Waals surface area contributed by atoms with Crippen LogP contribution in [0, 0.1) is 12.7 Å². The molecule has 2 N–H and O–H groups in total. The van der Waals surface area contributed by atoms with Gasteiger partial charge in [-0.1, -0.05) is 17.7 Å². The van der Waals surface area contributed by atoms with Crippen LogP contribution in [0.5, 0.6) is 0 Å². The predicted octanol–water partition coefficient (Wildman–Crippen LogP) is 3.25. The lowest BCUT2D eigenvalue weighted by Gasteiger charge is -2.14. The largest absolute Gasteiger partial charge is 0.322 e. The fourth-order valence-electron chi connectivity index (χ4n) is 2.15. The fraction of sp³-hybridized carbons (Fsp3) is 0.357. The van der Waals surface area contributed by atoms with E-state index in [2.05, 4.69) is 5.10 Å². The van der Waals surface area contributed by atoms with Crippen molar-refractivity contribution in [2.75, 3.05) is 0 Å². The highest BCUT2D eigenvalue weighted by Gasteiger charge is 2.15. The predicted molar refractivity (Wildman–Crippen MR) is 74.7 cm³/mol. The lowest BCUT2D eigenvalue weighted by atomic mass is 10.0. The van der Waals surface area contributed by atoms with Gasteiger partial charge in [-0.2, -0.15) is 5.10 Å². The van der Waals surface area contributed by atoms with Crippen molar-refractivity contribution in [2.24, 2.45) is 5.73 Å². The van der Waals surface area contributed by atoms with Crippen LogP contribution in [0.2, 0.25) is 5.02 Å². The molecule has 1 unspecified atom stereocenters. The summed E-state index contributed by atoms with van der Waals surface area (Å²) in [6, 6.07) is 6.16. The van der Waals surface area contributed by atoms with Gasteiger partial charge in [-0.05, 0) is 44.0 Å². The van der Waals surface area contributed by atoms with Gasteiger partial charge in [0.2, 0.25) is 0 Å². The third kappa shape index (κ3) is 3.14. The van der Waals surface area contributed by atoms with E-state index in [1.165, 1.54) is 12.1 Å². The molecule has 0 aliphatic rings. The van der Waals surface area contributed by atoms with Gasteiger partial charge < -0.3 is 5.73 Å². The molecule has 19 heavy (non-hydrogen) atoms. The van der Waals surface area contributed by atoms with Crippen LogP contribution in [-0.2, 0) is 13.0 Å². The maximum absolute atomic E-state index is 13.0.